The molecule has 6 heterocycles. The molecule has 0 radical (unpaired) electrons. The summed E-state index contributed by atoms with van der Waals surface area (Å²) in [5.41, 5.74) is 11.4. The highest BCUT2D eigenvalue weighted by Crippen LogP contribution is 2.55. The molecule has 1 saturated heterocycles. The number of nitrogens with zero attached hydrogens (tertiary/aromatic N) is 9. The van der Waals surface area contributed by atoms with E-state index in [1.807, 2.05) is 23.1 Å². The maximum Gasteiger partial charge on any atom is 0.184 e. The lowest BCUT2D eigenvalue weighted by molar-refractivity contribution is 0.168. The molecule has 2 aliphatic carbocycles. The fraction of sp³-hybridized carbons (Fsp3) is 0.515. The number of nitriles is 1. The fourth-order valence-corrected chi connectivity index (χ4v) is 9.46. The maximum absolute atomic E-state index is 10.1. The van der Waals surface area contributed by atoms with Crippen LogP contribution in [0.5, 0.6) is 0 Å². The zero-order valence-corrected chi connectivity index (χ0v) is 27.2. The number of thiophene rings is 1. The molecule has 1 aliphatic heterocycles. The van der Waals surface area contributed by atoms with E-state index in [-0.39, 0.29) is 6.04 Å². The Bertz CT molecular complexity index is 1990. The Kier molecular flexibility index (Phi) is 7.00. The molecule has 3 aliphatic rings. The van der Waals surface area contributed by atoms with E-state index in [4.69, 9.17) is 30.4 Å². The lowest BCUT2D eigenvalue weighted by Crippen LogP contribution is -2.35. The summed E-state index contributed by atoms with van der Waals surface area (Å²) in [6, 6.07) is 4.72. The van der Waals surface area contributed by atoms with E-state index in [2.05, 4.69) is 30.1 Å². The molecule has 238 valence electrons. The highest BCUT2D eigenvalue weighted by molar-refractivity contribution is 7.16. The van der Waals surface area contributed by atoms with E-state index < -0.39 is 11.5 Å². The van der Waals surface area contributed by atoms with Crippen molar-refractivity contribution in [2.24, 2.45) is 0 Å². The van der Waals surface area contributed by atoms with Gasteiger partial charge in [-0.25, -0.2) is 14.6 Å². The molecule has 1 fully saturated rings. The largest absolute Gasteiger partial charge is 0.391 e. The van der Waals surface area contributed by atoms with Crippen molar-refractivity contribution in [1.82, 2.24) is 39.6 Å². The first-order valence-electron chi connectivity index (χ1n) is 16.3. The number of rotatable bonds is 6. The first-order valence-corrected chi connectivity index (χ1v) is 17.1. The Labute approximate surface area is 270 Å². The van der Waals surface area contributed by atoms with Crippen LogP contribution < -0.4 is 5.73 Å². The number of aliphatic hydroxyl groups is 1. The van der Waals surface area contributed by atoms with Gasteiger partial charge < -0.3 is 20.3 Å². The molecule has 8 rings (SSSR count). The summed E-state index contributed by atoms with van der Waals surface area (Å²) in [5, 5.41) is 35.9. The highest BCUT2D eigenvalue weighted by atomic mass is 32.1. The highest BCUT2D eigenvalue weighted by Gasteiger charge is 2.49. The van der Waals surface area contributed by atoms with Crippen molar-refractivity contribution >= 4 is 27.4 Å². The van der Waals surface area contributed by atoms with Crippen LogP contribution in [-0.4, -0.2) is 70.4 Å². The number of aliphatic hydroxyl groups excluding tert-OH is 1. The average molecular weight is 639 g/mol. The molecule has 0 aromatic carbocycles. The summed E-state index contributed by atoms with van der Waals surface area (Å²) in [4.78, 5) is 13.6. The minimum absolute atomic E-state index is 0.0645. The predicted octanol–water partition coefficient (Wildman–Crippen LogP) is 4.85. The van der Waals surface area contributed by atoms with Gasteiger partial charge in [0.15, 0.2) is 22.9 Å². The van der Waals surface area contributed by atoms with Gasteiger partial charge >= 0.3 is 0 Å². The average Bonchev–Trinajstić information content (AvgIpc) is 3.86. The van der Waals surface area contributed by atoms with E-state index in [0.29, 0.717) is 46.1 Å². The lowest BCUT2D eigenvalue weighted by Gasteiger charge is -2.39. The van der Waals surface area contributed by atoms with Crippen molar-refractivity contribution in [2.45, 2.75) is 95.4 Å². The number of nitrogen functional groups attached to an aromatic ring is 1. The van der Waals surface area contributed by atoms with Gasteiger partial charge in [0, 0.05) is 28.9 Å². The number of hydrogen-bond donors (Lipinski definition) is 2. The van der Waals surface area contributed by atoms with E-state index in [0.717, 1.165) is 85.8 Å². The quantitative estimate of drug-likeness (QED) is 0.263. The third-order valence-electron chi connectivity index (χ3n) is 10.4. The van der Waals surface area contributed by atoms with E-state index >= 15 is 0 Å². The van der Waals surface area contributed by atoms with E-state index in [1.54, 1.807) is 22.9 Å². The smallest absolute Gasteiger partial charge is 0.184 e. The first kappa shape index (κ1) is 29.3. The second kappa shape index (κ2) is 11.0. The molecular weight excluding hydrogens is 600 g/mol. The van der Waals surface area contributed by atoms with Crippen LogP contribution in [0, 0.1) is 11.3 Å². The molecule has 1 spiro atoms. The molecule has 4 atom stereocenters. The molecule has 46 heavy (non-hydrogen) atoms. The zero-order chi connectivity index (χ0) is 31.7. The van der Waals surface area contributed by atoms with Crippen LogP contribution in [0.3, 0.4) is 0 Å². The third-order valence-corrected chi connectivity index (χ3v) is 11.5. The Morgan fingerprint density at radius 2 is 2.02 bits per heavy atom. The molecular formula is C33H38N10O2S. The summed E-state index contributed by atoms with van der Waals surface area (Å²) >= 11 is 1.54. The van der Waals surface area contributed by atoms with Crippen molar-refractivity contribution in [3.63, 3.8) is 0 Å². The van der Waals surface area contributed by atoms with Crippen LogP contribution in [0.15, 0.2) is 23.0 Å². The molecule has 5 aromatic heterocycles. The molecule has 0 unspecified atom stereocenters. The van der Waals surface area contributed by atoms with Crippen LogP contribution in [-0.2, 0) is 24.8 Å². The summed E-state index contributed by atoms with van der Waals surface area (Å²) in [6.07, 6.45) is 10.9. The summed E-state index contributed by atoms with van der Waals surface area (Å²) in [7, 11) is 2.17. The fourth-order valence-electron chi connectivity index (χ4n) is 8.30. The van der Waals surface area contributed by atoms with Crippen LogP contribution in [0.2, 0.25) is 0 Å². The molecule has 0 saturated carbocycles. The van der Waals surface area contributed by atoms with Gasteiger partial charge in [-0.15, -0.1) is 11.3 Å². The lowest BCUT2D eigenvalue weighted by atomic mass is 9.63. The summed E-state index contributed by atoms with van der Waals surface area (Å²) in [6.45, 7) is 5.41. The maximum atomic E-state index is 10.1. The van der Waals surface area contributed by atoms with Gasteiger partial charge in [-0.05, 0) is 90.4 Å². The second-order valence-corrected chi connectivity index (χ2v) is 14.4. The Hall–Kier alpha value is -4.12. The van der Waals surface area contributed by atoms with Crippen molar-refractivity contribution in [3.05, 3.63) is 45.8 Å². The number of aromatic nitrogens is 7. The topological polar surface area (TPSA) is 161 Å². The minimum atomic E-state index is -0.512. The Balaban J connectivity index is 1.26. The SMILES string of the molecule is C[C@H](O)Cn1ccc(-c2nn([C@@H](C)[C@@H]3CCCN3C)c3nc(-c4noc5c4CCC[C@@]54CCCc5sc(N)c(C#N)c54)ncc23)n1. The zero-order valence-electron chi connectivity index (χ0n) is 26.4. The van der Waals surface area contributed by atoms with Crippen LogP contribution in [0.25, 0.3) is 33.9 Å². The number of likely N-dealkylation sites (tertiary alicyclic amines) is 1. The Morgan fingerprint density at radius 3 is 2.78 bits per heavy atom. The van der Waals surface area contributed by atoms with Gasteiger partial charge in [0.25, 0.3) is 0 Å². The van der Waals surface area contributed by atoms with Crippen LogP contribution >= 0.6 is 11.3 Å². The van der Waals surface area contributed by atoms with Crippen molar-refractivity contribution < 1.29 is 9.63 Å². The normalized spacial score (nSPS) is 22.6. The van der Waals surface area contributed by atoms with Crippen molar-refractivity contribution in [1.29, 1.82) is 5.26 Å². The standard InChI is InChI=1S/C33H38N10O2S/c1-18(44)17-42-14-10-23(38-42)27-22-16-36-31(37-32(22)43(39-27)19(2)24-8-6-13-41(24)3)28-20-7-4-11-33(29(20)45-40-28)12-5-9-25-26(33)21(15-34)30(35)46-25/h10,14,16,18-19,24,44H,4-9,11-13,17,35H2,1-3H3/t18-,19-,24-,33-/m0/s1. The van der Waals surface area contributed by atoms with Gasteiger partial charge in [0.2, 0.25) is 0 Å². The van der Waals surface area contributed by atoms with Crippen LogP contribution in [0.1, 0.15) is 85.7 Å². The molecule has 3 N–H and O–H groups in total. The van der Waals surface area contributed by atoms with Gasteiger partial charge in [-0.2, -0.15) is 15.5 Å². The van der Waals surface area contributed by atoms with Gasteiger partial charge in [0.05, 0.1) is 35.1 Å². The number of hydrogen-bond acceptors (Lipinski definition) is 11. The second-order valence-electron chi connectivity index (χ2n) is 13.3. The van der Waals surface area contributed by atoms with Gasteiger partial charge in [-0.1, -0.05) is 5.16 Å². The Morgan fingerprint density at radius 1 is 1.20 bits per heavy atom. The summed E-state index contributed by atoms with van der Waals surface area (Å²) < 4.78 is 10.0. The predicted molar refractivity (Wildman–Crippen MR) is 174 cm³/mol. The van der Waals surface area contributed by atoms with Gasteiger partial charge in [-0.3, -0.25) is 4.68 Å². The number of nitrogens with two attached hydrogens (primary N) is 1. The number of fused-ring (bicyclic) bond motifs is 5. The van der Waals surface area contributed by atoms with Crippen molar-refractivity contribution in [2.75, 3.05) is 19.3 Å². The van der Waals surface area contributed by atoms with Gasteiger partial charge in [0.1, 0.15) is 22.5 Å². The molecule has 13 heteroatoms. The van der Waals surface area contributed by atoms with E-state index in [9.17, 15) is 10.4 Å². The first-order chi connectivity index (χ1) is 22.3. The summed E-state index contributed by atoms with van der Waals surface area (Å²) in [5.74, 6) is 1.35. The minimum Gasteiger partial charge on any atom is -0.391 e. The number of likely N-dealkylation sites (N-methyl/N-ethyl adjacent to an activating group) is 1. The van der Waals surface area contributed by atoms with Crippen molar-refractivity contribution in [3.8, 4) is 29.0 Å². The third kappa shape index (κ3) is 4.41. The van der Waals surface area contributed by atoms with Crippen LogP contribution in [0.4, 0.5) is 5.00 Å². The molecule has 0 bridgehead atoms. The number of aryl methyl sites for hydroxylation is 1. The van der Waals surface area contributed by atoms with E-state index in [1.165, 1.54) is 4.88 Å². The number of anilines is 1. The monoisotopic (exact) mass is 638 g/mol. The molecule has 12 nitrogen and oxygen atoms in total. The molecule has 0 amide bonds. The molecule has 5 aromatic rings.